The number of aliphatic carboxylic acids is 1. The zero-order valence-electron chi connectivity index (χ0n) is 9.94. The van der Waals surface area contributed by atoms with E-state index in [1.54, 1.807) is 0 Å². The molecule has 7 heteroatoms. The molecule has 0 aliphatic carbocycles. The largest absolute Gasteiger partial charge is 0.479 e. The fourth-order valence-electron chi connectivity index (χ4n) is 1.75. The summed E-state index contributed by atoms with van der Waals surface area (Å²) in [7, 11) is 0. The number of amides is 2. The molecule has 0 aromatic heterocycles. The van der Waals surface area contributed by atoms with E-state index in [1.807, 2.05) is 12.4 Å². The van der Waals surface area contributed by atoms with Crippen LogP contribution in [0.15, 0.2) is 0 Å². The third-order valence-corrected chi connectivity index (χ3v) is 2.68. The van der Waals surface area contributed by atoms with Crippen LogP contribution in [-0.2, 0) is 9.63 Å². The lowest BCUT2D eigenvalue weighted by molar-refractivity contribution is -0.144. The number of carboxylic acids is 1. The van der Waals surface area contributed by atoms with E-state index in [1.165, 1.54) is 12.8 Å². The number of urea groups is 1. The summed E-state index contributed by atoms with van der Waals surface area (Å²) in [4.78, 5) is 28.0. The lowest BCUT2D eigenvalue weighted by Crippen LogP contribution is -2.44. The van der Waals surface area contributed by atoms with E-state index < -0.39 is 18.6 Å². The average molecular weight is 245 g/mol. The predicted molar refractivity (Wildman–Crippen MR) is 60.4 cm³/mol. The maximum absolute atomic E-state index is 11.2. The van der Waals surface area contributed by atoms with Gasteiger partial charge in [-0.1, -0.05) is 0 Å². The van der Waals surface area contributed by atoms with Crippen LogP contribution in [0.4, 0.5) is 4.79 Å². The van der Waals surface area contributed by atoms with Crippen molar-refractivity contribution >= 4 is 12.0 Å². The van der Waals surface area contributed by atoms with Gasteiger partial charge in [0.1, 0.15) is 0 Å². The monoisotopic (exact) mass is 245 g/mol. The number of hydrogen-bond donors (Lipinski definition) is 3. The summed E-state index contributed by atoms with van der Waals surface area (Å²) in [6.45, 7) is 4.15. The van der Waals surface area contributed by atoms with Gasteiger partial charge in [-0.2, -0.15) is 0 Å². The number of carboxylic acid groups (broad SMARTS) is 1. The summed E-state index contributed by atoms with van der Waals surface area (Å²) in [6, 6.07) is -0.236. The summed E-state index contributed by atoms with van der Waals surface area (Å²) in [6.07, 6.45) is 2.41. The molecule has 0 bridgehead atoms. The molecule has 1 aliphatic heterocycles. The van der Waals surface area contributed by atoms with Crippen LogP contribution in [0.25, 0.3) is 0 Å². The van der Waals surface area contributed by atoms with Crippen LogP contribution < -0.4 is 10.8 Å². The molecule has 1 unspecified atom stereocenters. The van der Waals surface area contributed by atoms with E-state index in [0.717, 1.165) is 13.1 Å². The molecule has 1 saturated heterocycles. The second kappa shape index (κ2) is 7.08. The lowest BCUT2D eigenvalue weighted by Gasteiger charge is -2.23. The summed E-state index contributed by atoms with van der Waals surface area (Å²) in [5.41, 5.74) is 2.01. The highest BCUT2D eigenvalue weighted by atomic mass is 16.7. The van der Waals surface area contributed by atoms with Crippen molar-refractivity contribution in [3.8, 4) is 0 Å². The van der Waals surface area contributed by atoms with Crippen molar-refractivity contribution in [3.63, 3.8) is 0 Å². The Hall–Kier alpha value is -1.34. The molecule has 0 spiro atoms. The van der Waals surface area contributed by atoms with Gasteiger partial charge >= 0.3 is 12.0 Å². The van der Waals surface area contributed by atoms with E-state index in [0.29, 0.717) is 6.54 Å². The van der Waals surface area contributed by atoms with Gasteiger partial charge in [0.15, 0.2) is 6.61 Å². The number of carbonyl (C=O) groups is 2. The van der Waals surface area contributed by atoms with Gasteiger partial charge in [-0.05, 0) is 32.9 Å². The molecule has 7 nitrogen and oxygen atoms in total. The Bertz CT molecular complexity index is 266. The first kappa shape index (κ1) is 13.7. The van der Waals surface area contributed by atoms with Gasteiger partial charge in [0, 0.05) is 12.6 Å². The summed E-state index contributed by atoms with van der Waals surface area (Å²) in [5.74, 6) is -1.13. The minimum Gasteiger partial charge on any atom is -0.479 e. The van der Waals surface area contributed by atoms with Crippen LogP contribution >= 0.6 is 0 Å². The van der Waals surface area contributed by atoms with E-state index in [9.17, 15) is 9.59 Å². The summed E-state index contributed by atoms with van der Waals surface area (Å²) in [5, 5.41) is 10.9. The Kier molecular flexibility index (Phi) is 5.71. The molecule has 0 aromatic rings. The maximum Gasteiger partial charge on any atom is 0.338 e. The first-order chi connectivity index (χ1) is 8.09. The van der Waals surface area contributed by atoms with Crippen molar-refractivity contribution in [1.82, 2.24) is 15.7 Å². The number of hydroxylamine groups is 1. The van der Waals surface area contributed by atoms with Crippen molar-refractivity contribution in [3.05, 3.63) is 0 Å². The van der Waals surface area contributed by atoms with Crippen molar-refractivity contribution < 1.29 is 19.5 Å². The van der Waals surface area contributed by atoms with Crippen LogP contribution in [0, 0.1) is 0 Å². The molecule has 1 heterocycles. The minimum absolute atomic E-state index is 0.280. The second-order valence-corrected chi connectivity index (χ2v) is 4.09. The fraction of sp³-hybridized carbons (Fsp3) is 0.800. The van der Waals surface area contributed by atoms with Gasteiger partial charge < -0.3 is 10.4 Å². The van der Waals surface area contributed by atoms with Crippen LogP contribution in [0.3, 0.4) is 0 Å². The lowest BCUT2D eigenvalue weighted by atomic mass is 10.3. The second-order valence-electron chi connectivity index (χ2n) is 4.09. The van der Waals surface area contributed by atoms with Crippen LogP contribution in [0.2, 0.25) is 0 Å². The number of carbonyl (C=O) groups excluding carboxylic acids is 1. The van der Waals surface area contributed by atoms with Crippen LogP contribution in [0.5, 0.6) is 0 Å². The van der Waals surface area contributed by atoms with Crippen molar-refractivity contribution in [2.75, 3.05) is 26.2 Å². The smallest absolute Gasteiger partial charge is 0.338 e. The zero-order chi connectivity index (χ0) is 12.7. The first-order valence-electron chi connectivity index (χ1n) is 5.71. The highest BCUT2D eigenvalue weighted by Gasteiger charge is 2.18. The number of hydrogen-bond acceptors (Lipinski definition) is 4. The normalized spacial score (nSPS) is 17.7. The van der Waals surface area contributed by atoms with Gasteiger partial charge in [-0.25, -0.2) is 15.1 Å². The summed E-state index contributed by atoms with van der Waals surface area (Å²) >= 11 is 0. The zero-order valence-corrected chi connectivity index (χ0v) is 9.94. The van der Waals surface area contributed by atoms with E-state index in [2.05, 4.69) is 15.1 Å². The van der Waals surface area contributed by atoms with Crippen molar-refractivity contribution in [1.29, 1.82) is 0 Å². The Balaban J connectivity index is 2.08. The molecule has 1 aliphatic rings. The fourth-order valence-corrected chi connectivity index (χ4v) is 1.75. The molecule has 0 saturated carbocycles. The molecule has 17 heavy (non-hydrogen) atoms. The maximum atomic E-state index is 11.2. The topological polar surface area (TPSA) is 90.9 Å². The molecule has 1 fully saturated rings. The van der Waals surface area contributed by atoms with E-state index >= 15 is 0 Å². The third kappa shape index (κ3) is 5.50. The average Bonchev–Trinajstić information content (AvgIpc) is 2.78. The van der Waals surface area contributed by atoms with Crippen molar-refractivity contribution in [2.45, 2.75) is 25.8 Å². The molecule has 1 rings (SSSR count). The van der Waals surface area contributed by atoms with Gasteiger partial charge in [0.2, 0.25) is 0 Å². The number of nitrogens with zero attached hydrogens (tertiary/aromatic N) is 1. The molecule has 0 radical (unpaired) electrons. The van der Waals surface area contributed by atoms with E-state index in [-0.39, 0.29) is 6.04 Å². The van der Waals surface area contributed by atoms with Crippen LogP contribution in [-0.4, -0.2) is 54.3 Å². The standard InChI is InChI=1S/C10H19N3O4/c1-8(13-4-2-3-5-13)6-11-10(16)12-17-7-9(14)15/h8H,2-7H2,1H3,(H,14,15)(H2,11,12,16). The molecule has 3 N–H and O–H groups in total. The molecule has 0 aromatic carbocycles. The first-order valence-corrected chi connectivity index (χ1v) is 5.71. The van der Waals surface area contributed by atoms with Gasteiger partial charge in [0.05, 0.1) is 0 Å². The van der Waals surface area contributed by atoms with E-state index in [4.69, 9.17) is 5.11 Å². The number of nitrogens with one attached hydrogen (secondary N) is 2. The molecule has 1 atom stereocenters. The Morgan fingerprint density at radius 2 is 2.06 bits per heavy atom. The van der Waals surface area contributed by atoms with Gasteiger partial charge in [-0.15, -0.1) is 0 Å². The molecular formula is C10H19N3O4. The number of rotatable bonds is 6. The quantitative estimate of drug-likeness (QED) is 0.563. The SMILES string of the molecule is CC(CNC(=O)NOCC(=O)O)N1CCCC1. The van der Waals surface area contributed by atoms with Gasteiger partial charge in [-0.3, -0.25) is 9.74 Å². The van der Waals surface area contributed by atoms with Crippen molar-refractivity contribution in [2.24, 2.45) is 0 Å². The predicted octanol–water partition coefficient (Wildman–Crippen LogP) is -0.214. The molecular weight excluding hydrogens is 226 g/mol. The highest BCUT2D eigenvalue weighted by Crippen LogP contribution is 2.10. The van der Waals surface area contributed by atoms with Crippen LogP contribution in [0.1, 0.15) is 19.8 Å². The third-order valence-electron chi connectivity index (χ3n) is 2.68. The molecule has 2 amide bonds. The summed E-state index contributed by atoms with van der Waals surface area (Å²) < 4.78 is 0. The number of likely N-dealkylation sites (tertiary alicyclic amines) is 1. The highest BCUT2D eigenvalue weighted by molar-refractivity contribution is 5.73. The Morgan fingerprint density at radius 3 is 2.65 bits per heavy atom. The van der Waals surface area contributed by atoms with Gasteiger partial charge in [0.25, 0.3) is 0 Å². The minimum atomic E-state index is -1.13. The Labute approximate surface area is 100 Å². The molecule has 98 valence electrons. The Morgan fingerprint density at radius 1 is 1.41 bits per heavy atom.